The molecule has 0 bridgehead atoms. The molecule has 10 heteroatoms. The second-order valence-electron chi connectivity index (χ2n) is 7.08. The zero-order chi connectivity index (χ0) is 22.7. The van der Waals surface area contributed by atoms with Crippen LogP contribution in [0.15, 0.2) is 59.9 Å². The van der Waals surface area contributed by atoms with Gasteiger partial charge >= 0.3 is 0 Å². The number of pyridine rings is 2. The van der Waals surface area contributed by atoms with E-state index in [0.717, 1.165) is 5.56 Å². The molecule has 0 unspecified atom stereocenters. The Morgan fingerprint density at radius 3 is 2.69 bits per heavy atom. The quantitative estimate of drug-likeness (QED) is 0.457. The Hall–Kier alpha value is -4.10. The maximum atomic E-state index is 12.4. The van der Waals surface area contributed by atoms with Gasteiger partial charge in [0.1, 0.15) is 29.6 Å². The van der Waals surface area contributed by atoms with Gasteiger partial charge in [0.05, 0.1) is 21.6 Å². The van der Waals surface area contributed by atoms with Crippen LogP contribution in [-0.4, -0.2) is 41.2 Å². The van der Waals surface area contributed by atoms with Crippen molar-refractivity contribution in [1.29, 1.82) is 5.26 Å². The zero-order valence-corrected chi connectivity index (χ0v) is 18.0. The van der Waals surface area contributed by atoms with Crippen molar-refractivity contribution in [3.05, 3.63) is 66.1 Å². The SMILES string of the molecule is CS(=O)(=O)c1ccccc1-c1nc2cccnc2cc1CCNc1ncnc(N)c1C#N. The van der Waals surface area contributed by atoms with E-state index in [9.17, 15) is 13.7 Å². The van der Waals surface area contributed by atoms with E-state index in [1.807, 2.05) is 18.2 Å². The number of nitrogen functional groups attached to an aromatic ring is 1. The molecule has 0 atom stereocenters. The molecule has 160 valence electrons. The maximum Gasteiger partial charge on any atom is 0.176 e. The minimum absolute atomic E-state index is 0.101. The molecule has 0 spiro atoms. The van der Waals surface area contributed by atoms with Crippen LogP contribution in [0.2, 0.25) is 0 Å². The standard InChI is InChI=1S/C22H19N7O2S/c1-32(30,31)19-7-3-2-5-15(19)20-14(11-18-17(29-20)6-4-9-25-18)8-10-26-22-16(12-23)21(24)27-13-28-22/h2-7,9,11,13H,8,10H2,1H3,(H3,24,26,27,28). The maximum absolute atomic E-state index is 12.4. The molecule has 0 saturated heterocycles. The van der Waals surface area contributed by atoms with E-state index in [1.165, 1.54) is 12.6 Å². The first-order chi connectivity index (χ1) is 15.4. The van der Waals surface area contributed by atoms with Gasteiger partial charge in [-0.05, 0) is 36.2 Å². The lowest BCUT2D eigenvalue weighted by Crippen LogP contribution is -2.11. The van der Waals surface area contributed by atoms with Crippen molar-refractivity contribution in [1.82, 2.24) is 19.9 Å². The molecule has 32 heavy (non-hydrogen) atoms. The summed E-state index contributed by atoms with van der Waals surface area (Å²) in [5.41, 5.74) is 9.19. The summed E-state index contributed by atoms with van der Waals surface area (Å²) in [6.45, 7) is 0.402. The highest BCUT2D eigenvalue weighted by atomic mass is 32.2. The highest BCUT2D eigenvalue weighted by Gasteiger charge is 2.19. The molecular formula is C22H19N7O2S. The number of sulfone groups is 1. The van der Waals surface area contributed by atoms with Crippen molar-refractivity contribution in [3.8, 4) is 17.3 Å². The summed E-state index contributed by atoms with van der Waals surface area (Å²) in [7, 11) is -3.47. The second kappa shape index (κ2) is 8.56. The number of benzene rings is 1. The van der Waals surface area contributed by atoms with Crippen molar-refractivity contribution in [2.24, 2.45) is 0 Å². The number of hydrogen-bond acceptors (Lipinski definition) is 9. The van der Waals surface area contributed by atoms with E-state index in [1.54, 1.807) is 36.5 Å². The van der Waals surface area contributed by atoms with Crippen molar-refractivity contribution in [2.45, 2.75) is 11.3 Å². The molecule has 0 aliphatic rings. The molecule has 3 aromatic heterocycles. The number of aromatic nitrogens is 4. The number of nitriles is 1. The smallest absolute Gasteiger partial charge is 0.176 e. The summed E-state index contributed by atoms with van der Waals surface area (Å²) in [6.07, 6.45) is 4.62. The lowest BCUT2D eigenvalue weighted by Gasteiger charge is -2.14. The third-order valence-electron chi connectivity index (χ3n) is 4.88. The number of nitrogens with one attached hydrogen (secondary N) is 1. The molecule has 4 aromatic rings. The van der Waals surface area contributed by atoms with Crippen molar-refractivity contribution < 1.29 is 8.42 Å². The van der Waals surface area contributed by atoms with Crippen LogP contribution in [0.4, 0.5) is 11.6 Å². The summed E-state index contributed by atoms with van der Waals surface area (Å²) < 4.78 is 24.8. The van der Waals surface area contributed by atoms with Gasteiger partial charge in [0, 0.05) is 24.6 Å². The minimum atomic E-state index is -3.47. The van der Waals surface area contributed by atoms with Crippen LogP contribution in [0.25, 0.3) is 22.3 Å². The Bertz CT molecular complexity index is 1460. The predicted molar refractivity (Wildman–Crippen MR) is 121 cm³/mol. The van der Waals surface area contributed by atoms with Gasteiger partial charge in [-0.15, -0.1) is 0 Å². The van der Waals surface area contributed by atoms with Gasteiger partial charge in [0.25, 0.3) is 0 Å². The van der Waals surface area contributed by atoms with Crippen LogP contribution in [0.3, 0.4) is 0 Å². The normalized spacial score (nSPS) is 11.2. The largest absolute Gasteiger partial charge is 0.382 e. The third kappa shape index (κ3) is 4.19. The van der Waals surface area contributed by atoms with Gasteiger partial charge < -0.3 is 11.1 Å². The summed E-state index contributed by atoms with van der Waals surface area (Å²) in [5, 5.41) is 12.4. The fourth-order valence-corrected chi connectivity index (χ4v) is 4.30. The lowest BCUT2D eigenvalue weighted by molar-refractivity contribution is 0.602. The summed E-state index contributed by atoms with van der Waals surface area (Å²) in [5.74, 6) is 0.439. The van der Waals surface area contributed by atoms with Crippen LogP contribution in [0.1, 0.15) is 11.1 Å². The Morgan fingerprint density at radius 2 is 1.91 bits per heavy atom. The molecular weight excluding hydrogens is 426 g/mol. The topological polar surface area (TPSA) is 148 Å². The molecule has 0 aliphatic carbocycles. The fourth-order valence-electron chi connectivity index (χ4n) is 3.41. The minimum Gasteiger partial charge on any atom is -0.382 e. The van der Waals surface area contributed by atoms with E-state index in [2.05, 4.69) is 20.3 Å². The highest BCUT2D eigenvalue weighted by molar-refractivity contribution is 7.90. The Labute approximate surface area is 184 Å². The monoisotopic (exact) mass is 445 g/mol. The zero-order valence-electron chi connectivity index (χ0n) is 17.1. The van der Waals surface area contributed by atoms with Gasteiger partial charge in [-0.1, -0.05) is 18.2 Å². The van der Waals surface area contributed by atoms with Gasteiger partial charge in [0.15, 0.2) is 9.84 Å². The van der Waals surface area contributed by atoms with Crippen LogP contribution in [-0.2, 0) is 16.3 Å². The Kier molecular flexibility index (Phi) is 5.66. The van der Waals surface area contributed by atoms with Crippen molar-refractivity contribution in [3.63, 3.8) is 0 Å². The molecule has 3 heterocycles. The summed E-state index contributed by atoms with van der Waals surface area (Å²) in [4.78, 5) is 17.2. The van der Waals surface area contributed by atoms with Crippen LogP contribution in [0.5, 0.6) is 0 Å². The first kappa shape index (κ1) is 21.1. The Balaban J connectivity index is 1.76. The predicted octanol–water partition coefficient (Wildman–Crippen LogP) is 2.60. The van der Waals surface area contributed by atoms with E-state index in [0.29, 0.717) is 41.1 Å². The summed E-state index contributed by atoms with van der Waals surface area (Å²) in [6, 6.07) is 14.3. The molecule has 0 aliphatic heterocycles. The first-order valence-electron chi connectivity index (χ1n) is 9.67. The van der Waals surface area contributed by atoms with Gasteiger partial charge in [0.2, 0.25) is 0 Å². The first-order valence-corrected chi connectivity index (χ1v) is 11.6. The van der Waals surface area contributed by atoms with Gasteiger partial charge in [-0.2, -0.15) is 5.26 Å². The average Bonchev–Trinajstić information content (AvgIpc) is 2.78. The number of nitrogens with zero attached hydrogens (tertiary/aromatic N) is 5. The molecule has 0 radical (unpaired) electrons. The van der Waals surface area contributed by atoms with E-state index < -0.39 is 9.84 Å². The van der Waals surface area contributed by atoms with Crippen molar-refractivity contribution in [2.75, 3.05) is 23.9 Å². The molecule has 1 aromatic carbocycles. The fraction of sp³-hybridized carbons (Fsp3) is 0.136. The molecule has 0 fully saturated rings. The molecule has 4 rings (SSSR count). The second-order valence-corrected chi connectivity index (χ2v) is 9.06. The number of anilines is 2. The molecule has 3 N–H and O–H groups in total. The van der Waals surface area contributed by atoms with E-state index >= 15 is 0 Å². The van der Waals surface area contributed by atoms with Crippen LogP contribution >= 0.6 is 0 Å². The molecule has 0 saturated carbocycles. The lowest BCUT2D eigenvalue weighted by atomic mass is 10.0. The van der Waals surface area contributed by atoms with E-state index in [4.69, 9.17) is 10.7 Å². The molecule has 0 amide bonds. The third-order valence-corrected chi connectivity index (χ3v) is 6.04. The Morgan fingerprint density at radius 1 is 1.09 bits per heavy atom. The number of rotatable bonds is 6. The van der Waals surface area contributed by atoms with Crippen LogP contribution < -0.4 is 11.1 Å². The highest BCUT2D eigenvalue weighted by Crippen LogP contribution is 2.31. The number of fused-ring (bicyclic) bond motifs is 1. The van der Waals surface area contributed by atoms with Gasteiger partial charge in [-0.3, -0.25) is 4.98 Å². The van der Waals surface area contributed by atoms with E-state index in [-0.39, 0.29) is 16.3 Å². The molecule has 9 nitrogen and oxygen atoms in total. The average molecular weight is 446 g/mol. The number of hydrogen-bond donors (Lipinski definition) is 2. The van der Waals surface area contributed by atoms with Gasteiger partial charge in [-0.25, -0.2) is 23.4 Å². The van der Waals surface area contributed by atoms with Crippen LogP contribution in [0, 0.1) is 11.3 Å². The van der Waals surface area contributed by atoms with Crippen molar-refractivity contribution >= 4 is 32.5 Å². The number of nitrogens with two attached hydrogens (primary N) is 1. The summed E-state index contributed by atoms with van der Waals surface area (Å²) >= 11 is 0.